The fourth-order valence-corrected chi connectivity index (χ4v) is 5.59. The van der Waals surface area contributed by atoms with Crippen molar-refractivity contribution in [2.75, 3.05) is 11.3 Å². The summed E-state index contributed by atoms with van der Waals surface area (Å²) in [6.45, 7) is 4.29. The summed E-state index contributed by atoms with van der Waals surface area (Å²) in [7, 11) is -4.12. The maximum absolute atomic E-state index is 13.1. The highest BCUT2D eigenvalue weighted by Crippen LogP contribution is 2.29. The van der Waals surface area contributed by atoms with Crippen LogP contribution in [0.15, 0.2) is 66.0 Å². The fourth-order valence-electron chi connectivity index (χ4n) is 3.38. The Bertz CT molecular complexity index is 1470. The van der Waals surface area contributed by atoms with Crippen LogP contribution in [0.5, 0.6) is 0 Å². The third-order valence-electron chi connectivity index (χ3n) is 5.29. The number of nitrogens with zero attached hydrogens (tertiary/aromatic N) is 2. The standard InChI is InChI=1S/C23H20Cl2N4O3S2/c1-23(2,14-3-5-15(24)6-4-14)13-27-21(30)17-8-7-16(25)11-19(17)29-34(31,32)22-18-12-28-33-20(18)9-10-26-22/h3-12,29H,13H2,1-2H3,(H,27,30). The molecule has 0 fully saturated rings. The quantitative estimate of drug-likeness (QED) is 0.325. The molecular weight excluding hydrogens is 515 g/mol. The Morgan fingerprint density at radius 3 is 2.50 bits per heavy atom. The monoisotopic (exact) mass is 534 g/mol. The Balaban J connectivity index is 1.59. The first-order valence-electron chi connectivity index (χ1n) is 10.1. The molecule has 2 heterocycles. The van der Waals surface area contributed by atoms with Crippen LogP contribution >= 0.6 is 34.7 Å². The number of aromatic nitrogens is 2. The van der Waals surface area contributed by atoms with E-state index in [1.165, 1.54) is 42.1 Å². The Morgan fingerprint density at radius 2 is 1.76 bits per heavy atom. The van der Waals surface area contributed by atoms with Gasteiger partial charge < -0.3 is 5.32 Å². The van der Waals surface area contributed by atoms with Crippen molar-refractivity contribution >= 4 is 66.4 Å². The van der Waals surface area contributed by atoms with Crippen LogP contribution in [0.1, 0.15) is 29.8 Å². The molecular formula is C23H20Cl2N4O3S2. The zero-order valence-corrected chi connectivity index (χ0v) is 21.3. The van der Waals surface area contributed by atoms with Gasteiger partial charge in [-0.25, -0.2) is 4.98 Å². The smallest absolute Gasteiger partial charge is 0.280 e. The van der Waals surface area contributed by atoms with Crippen LogP contribution in [0, 0.1) is 0 Å². The molecule has 0 atom stereocenters. The lowest BCUT2D eigenvalue weighted by molar-refractivity contribution is 0.0946. The van der Waals surface area contributed by atoms with Crippen LogP contribution in [0.3, 0.4) is 0 Å². The third kappa shape index (κ3) is 5.17. The summed E-state index contributed by atoms with van der Waals surface area (Å²) in [6.07, 6.45) is 2.85. The summed E-state index contributed by atoms with van der Waals surface area (Å²) < 4.78 is 33.5. The Kier molecular flexibility index (Phi) is 6.82. The van der Waals surface area contributed by atoms with Crippen molar-refractivity contribution in [3.63, 3.8) is 0 Å². The first kappa shape index (κ1) is 24.4. The molecule has 0 aliphatic heterocycles. The predicted molar refractivity (Wildman–Crippen MR) is 136 cm³/mol. The summed E-state index contributed by atoms with van der Waals surface area (Å²) in [5.41, 5.74) is 0.794. The summed E-state index contributed by atoms with van der Waals surface area (Å²) in [5, 5.41) is 4.02. The van der Waals surface area contributed by atoms with Gasteiger partial charge in [-0.2, -0.15) is 12.8 Å². The molecule has 0 saturated heterocycles. The molecule has 4 rings (SSSR count). The lowest BCUT2D eigenvalue weighted by atomic mass is 9.84. The lowest BCUT2D eigenvalue weighted by Gasteiger charge is -2.26. The lowest BCUT2D eigenvalue weighted by Crippen LogP contribution is -2.37. The second-order valence-electron chi connectivity index (χ2n) is 8.22. The number of carbonyl (C=O) groups is 1. The molecule has 0 aliphatic rings. The third-order valence-corrected chi connectivity index (χ3v) is 7.86. The molecule has 2 N–H and O–H groups in total. The minimum absolute atomic E-state index is 0.0521. The number of sulfonamides is 1. The van der Waals surface area contributed by atoms with E-state index >= 15 is 0 Å². The van der Waals surface area contributed by atoms with E-state index in [0.717, 1.165) is 5.56 Å². The van der Waals surface area contributed by atoms with E-state index in [-0.39, 0.29) is 21.3 Å². The minimum Gasteiger partial charge on any atom is -0.351 e. The average Bonchev–Trinajstić information content (AvgIpc) is 3.26. The molecule has 176 valence electrons. The van der Waals surface area contributed by atoms with Gasteiger partial charge >= 0.3 is 0 Å². The van der Waals surface area contributed by atoms with Crippen LogP contribution in [-0.4, -0.2) is 30.2 Å². The summed E-state index contributed by atoms with van der Waals surface area (Å²) in [4.78, 5) is 17.1. The second-order valence-corrected chi connectivity index (χ2v) is 11.5. The normalized spacial score (nSPS) is 12.0. The first-order chi connectivity index (χ1) is 16.1. The van der Waals surface area contributed by atoms with E-state index in [1.807, 2.05) is 26.0 Å². The number of nitrogens with one attached hydrogen (secondary N) is 2. The molecule has 4 aromatic rings. The topological polar surface area (TPSA) is 101 Å². The second kappa shape index (κ2) is 9.50. The highest BCUT2D eigenvalue weighted by molar-refractivity contribution is 7.92. The molecule has 0 spiro atoms. The van der Waals surface area contributed by atoms with Crippen molar-refractivity contribution in [2.24, 2.45) is 0 Å². The SMILES string of the molecule is CC(C)(CNC(=O)c1ccc(Cl)cc1NS(=O)(=O)c1nccc2sncc12)c1ccc(Cl)cc1. The number of amides is 1. The number of hydrogen-bond donors (Lipinski definition) is 2. The fraction of sp³-hybridized carbons (Fsp3) is 0.174. The predicted octanol–water partition coefficient (Wildman–Crippen LogP) is 5.51. The van der Waals surface area contributed by atoms with Crippen LogP contribution < -0.4 is 10.0 Å². The van der Waals surface area contributed by atoms with Gasteiger partial charge in [-0.15, -0.1) is 0 Å². The highest BCUT2D eigenvalue weighted by atomic mass is 35.5. The molecule has 1 amide bonds. The largest absolute Gasteiger partial charge is 0.351 e. The van der Waals surface area contributed by atoms with Crippen molar-refractivity contribution < 1.29 is 13.2 Å². The van der Waals surface area contributed by atoms with Crippen molar-refractivity contribution in [1.29, 1.82) is 0 Å². The van der Waals surface area contributed by atoms with Crippen molar-refractivity contribution in [1.82, 2.24) is 14.7 Å². The minimum atomic E-state index is -4.12. The zero-order valence-electron chi connectivity index (χ0n) is 18.2. The van der Waals surface area contributed by atoms with Gasteiger partial charge in [-0.1, -0.05) is 49.2 Å². The number of pyridine rings is 1. The van der Waals surface area contributed by atoms with E-state index in [0.29, 0.717) is 21.7 Å². The van der Waals surface area contributed by atoms with E-state index in [4.69, 9.17) is 23.2 Å². The number of halogens is 2. The number of benzene rings is 2. The number of fused-ring (bicyclic) bond motifs is 1. The van der Waals surface area contributed by atoms with E-state index < -0.39 is 21.3 Å². The Hall–Kier alpha value is -2.72. The summed E-state index contributed by atoms with van der Waals surface area (Å²) in [5.74, 6) is -0.445. The van der Waals surface area contributed by atoms with Crippen molar-refractivity contribution in [3.05, 3.63) is 82.1 Å². The molecule has 2 aromatic heterocycles. The molecule has 0 unspecified atom stereocenters. The van der Waals surface area contributed by atoms with Crippen LogP contribution in [-0.2, 0) is 15.4 Å². The number of carbonyl (C=O) groups excluding carboxylic acids is 1. The maximum atomic E-state index is 13.1. The van der Waals surface area contributed by atoms with E-state index in [9.17, 15) is 13.2 Å². The van der Waals surface area contributed by atoms with Gasteiger partial charge in [-0.05, 0) is 53.5 Å². The summed E-state index contributed by atoms with van der Waals surface area (Å²) in [6, 6.07) is 13.5. The molecule has 0 radical (unpaired) electrons. The zero-order chi connectivity index (χ0) is 24.5. The molecule has 7 nitrogen and oxygen atoms in total. The van der Waals surface area contributed by atoms with Crippen LogP contribution in [0.2, 0.25) is 10.0 Å². The van der Waals surface area contributed by atoms with E-state index in [2.05, 4.69) is 19.4 Å². The van der Waals surface area contributed by atoms with Gasteiger partial charge in [0.15, 0.2) is 5.03 Å². The average molecular weight is 535 g/mol. The molecule has 11 heteroatoms. The highest BCUT2D eigenvalue weighted by Gasteiger charge is 2.25. The first-order valence-corrected chi connectivity index (χ1v) is 13.1. The summed E-state index contributed by atoms with van der Waals surface area (Å²) >= 11 is 13.3. The number of anilines is 1. The van der Waals surface area contributed by atoms with Crippen molar-refractivity contribution in [3.8, 4) is 0 Å². The van der Waals surface area contributed by atoms with E-state index in [1.54, 1.807) is 18.2 Å². The van der Waals surface area contributed by atoms with Gasteiger partial charge in [0.25, 0.3) is 15.9 Å². The van der Waals surface area contributed by atoms with Gasteiger partial charge in [0, 0.05) is 28.2 Å². The van der Waals surface area contributed by atoms with Gasteiger partial charge in [0.2, 0.25) is 0 Å². The van der Waals surface area contributed by atoms with Crippen molar-refractivity contribution in [2.45, 2.75) is 24.3 Å². The number of rotatable bonds is 7. The van der Waals surface area contributed by atoms with Gasteiger partial charge in [-0.3, -0.25) is 9.52 Å². The molecule has 34 heavy (non-hydrogen) atoms. The Labute approximate surface area is 211 Å². The molecule has 0 bridgehead atoms. The van der Waals surface area contributed by atoms with Crippen LogP contribution in [0.4, 0.5) is 5.69 Å². The molecule has 0 saturated carbocycles. The van der Waals surface area contributed by atoms with Gasteiger partial charge in [0.05, 0.1) is 27.5 Å². The molecule has 0 aliphatic carbocycles. The Morgan fingerprint density at radius 1 is 1.06 bits per heavy atom. The van der Waals surface area contributed by atoms with Gasteiger partial charge in [0.1, 0.15) is 0 Å². The number of hydrogen-bond acceptors (Lipinski definition) is 6. The van der Waals surface area contributed by atoms with Crippen LogP contribution in [0.25, 0.3) is 10.1 Å². The molecule has 2 aromatic carbocycles. The maximum Gasteiger partial charge on any atom is 0.280 e.